The average Bonchev–Trinajstić information content (AvgIpc) is 3.27. The summed E-state index contributed by atoms with van der Waals surface area (Å²) in [5.74, 6) is 7.11. The van der Waals surface area contributed by atoms with Crippen LogP contribution in [0.2, 0.25) is 0 Å². The molecule has 0 saturated carbocycles. The molecule has 2 N–H and O–H groups in total. The zero-order valence-corrected chi connectivity index (χ0v) is 15.7. The minimum absolute atomic E-state index is 0.224. The average molecular weight is 397 g/mol. The number of benzene rings is 2. The predicted octanol–water partition coefficient (Wildman–Crippen LogP) is 3.55. The Kier molecular flexibility index (Phi) is 4.76. The minimum Gasteiger partial charge on any atom is -0.457 e. The molecule has 0 saturated heterocycles. The van der Waals surface area contributed by atoms with Crippen molar-refractivity contribution in [3.8, 4) is 11.5 Å². The van der Waals surface area contributed by atoms with E-state index < -0.39 is 0 Å². The molecule has 0 aliphatic heterocycles. The van der Waals surface area contributed by atoms with E-state index in [0.717, 1.165) is 15.4 Å². The van der Waals surface area contributed by atoms with Gasteiger partial charge >= 0.3 is 0 Å². The van der Waals surface area contributed by atoms with Crippen LogP contribution in [0.25, 0.3) is 4.83 Å². The molecular formula is C19H16FN5O2S. The number of ether oxygens (including phenoxy) is 1. The van der Waals surface area contributed by atoms with Crippen molar-refractivity contribution < 1.29 is 13.9 Å². The highest BCUT2D eigenvalue weighted by Crippen LogP contribution is 2.22. The Balaban J connectivity index is 1.41. The molecule has 0 atom stereocenters. The number of imidazole rings is 1. The smallest absolute Gasteiger partial charge is 0.298 e. The van der Waals surface area contributed by atoms with Gasteiger partial charge in [-0.3, -0.25) is 9.80 Å². The van der Waals surface area contributed by atoms with Crippen molar-refractivity contribution in [2.24, 2.45) is 5.84 Å². The highest BCUT2D eigenvalue weighted by Gasteiger charge is 2.19. The summed E-state index contributed by atoms with van der Waals surface area (Å²) in [6.45, 7) is 2.04. The molecule has 0 fully saturated rings. The van der Waals surface area contributed by atoms with Crippen LogP contribution in [0.1, 0.15) is 21.2 Å². The molecule has 0 unspecified atom stereocenters. The monoisotopic (exact) mass is 397 g/mol. The number of hydrazine groups is 1. The Bertz CT molecular complexity index is 1120. The number of nitrogens with zero attached hydrogens (tertiary/aromatic N) is 4. The second kappa shape index (κ2) is 7.37. The fourth-order valence-corrected chi connectivity index (χ4v) is 3.49. The van der Waals surface area contributed by atoms with Gasteiger partial charge in [0.2, 0.25) is 5.01 Å². The van der Waals surface area contributed by atoms with Crippen LogP contribution in [0, 0.1) is 12.7 Å². The lowest BCUT2D eigenvalue weighted by atomic mass is 10.2. The van der Waals surface area contributed by atoms with Crippen LogP contribution in [0.4, 0.5) is 4.39 Å². The van der Waals surface area contributed by atoms with Gasteiger partial charge in [-0.1, -0.05) is 23.5 Å². The second-order valence-corrected chi connectivity index (χ2v) is 7.10. The van der Waals surface area contributed by atoms with Gasteiger partial charge in [0.15, 0.2) is 0 Å². The molecule has 2 aromatic carbocycles. The molecule has 0 aliphatic rings. The Morgan fingerprint density at radius 2 is 1.82 bits per heavy atom. The number of rotatable bonds is 5. The molecule has 142 valence electrons. The molecule has 7 nitrogen and oxygen atoms in total. The summed E-state index contributed by atoms with van der Waals surface area (Å²) in [5.41, 5.74) is 0.836. The molecule has 2 heterocycles. The normalized spacial score (nSPS) is 11.0. The van der Waals surface area contributed by atoms with Crippen LogP contribution in [0.3, 0.4) is 0 Å². The van der Waals surface area contributed by atoms with Gasteiger partial charge in [0.25, 0.3) is 5.91 Å². The highest BCUT2D eigenvalue weighted by atomic mass is 32.1. The maximum atomic E-state index is 12.9. The van der Waals surface area contributed by atoms with Crippen molar-refractivity contribution in [3.05, 3.63) is 76.9 Å². The largest absolute Gasteiger partial charge is 0.457 e. The lowest BCUT2D eigenvalue weighted by molar-refractivity contribution is 0.0741. The lowest BCUT2D eigenvalue weighted by Crippen LogP contribution is -2.36. The summed E-state index contributed by atoms with van der Waals surface area (Å²) in [6, 6.07) is 12.9. The first-order valence-electron chi connectivity index (χ1n) is 8.40. The van der Waals surface area contributed by atoms with Gasteiger partial charge < -0.3 is 4.74 Å². The third kappa shape index (κ3) is 3.71. The zero-order chi connectivity index (χ0) is 19.7. The molecule has 1 amide bonds. The van der Waals surface area contributed by atoms with Crippen molar-refractivity contribution in [3.63, 3.8) is 0 Å². The fraction of sp³-hybridized carbons (Fsp3) is 0.105. The minimum atomic E-state index is -0.361. The molecule has 0 spiro atoms. The van der Waals surface area contributed by atoms with Crippen molar-refractivity contribution in [2.75, 3.05) is 0 Å². The van der Waals surface area contributed by atoms with Gasteiger partial charge in [0, 0.05) is 0 Å². The number of hydrogen-bond donors (Lipinski definition) is 1. The quantitative estimate of drug-likeness (QED) is 0.316. The summed E-state index contributed by atoms with van der Waals surface area (Å²) in [7, 11) is 0. The predicted molar refractivity (Wildman–Crippen MR) is 103 cm³/mol. The van der Waals surface area contributed by atoms with Crippen LogP contribution in [-0.2, 0) is 6.54 Å². The molecule has 28 heavy (non-hydrogen) atoms. The van der Waals surface area contributed by atoms with Gasteiger partial charge in [0.05, 0.1) is 12.7 Å². The van der Waals surface area contributed by atoms with Gasteiger partial charge in [0.1, 0.15) is 28.0 Å². The van der Waals surface area contributed by atoms with E-state index in [1.54, 1.807) is 35.0 Å². The Morgan fingerprint density at radius 3 is 2.46 bits per heavy atom. The van der Waals surface area contributed by atoms with E-state index in [1.807, 2.05) is 19.1 Å². The third-order valence-electron chi connectivity index (χ3n) is 4.04. The topological polar surface area (TPSA) is 85.8 Å². The van der Waals surface area contributed by atoms with E-state index in [1.165, 1.54) is 23.5 Å². The van der Waals surface area contributed by atoms with Crippen molar-refractivity contribution in [1.29, 1.82) is 0 Å². The SMILES string of the molecule is Cc1ncc2sc(C(=O)N(N)Cc3ccc(Oc4ccc(F)cc4)cc3)nn12. The van der Waals surface area contributed by atoms with Crippen LogP contribution >= 0.6 is 11.3 Å². The first kappa shape index (κ1) is 18.1. The number of carbonyl (C=O) groups is 1. The Morgan fingerprint density at radius 1 is 1.18 bits per heavy atom. The van der Waals surface area contributed by atoms with E-state index in [2.05, 4.69) is 10.1 Å². The van der Waals surface area contributed by atoms with Crippen molar-refractivity contribution >= 4 is 22.1 Å². The van der Waals surface area contributed by atoms with Crippen LogP contribution in [0.15, 0.2) is 54.7 Å². The molecule has 2 aromatic heterocycles. The highest BCUT2D eigenvalue weighted by molar-refractivity contribution is 7.18. The zero-order valence-electron chi connectivity index (χ0n) is 14.9. The van der Waals surface area contributed by atoms with E-state index >= 15 is 0 Å². The summed E-state index contributed by atoms with van der Waals surface area (Å²) in [4.78, 5) is 17.4. The maximum absolute atomic E-state index is 12.9. The number of nitrogens with two attached hydrogens (primary N) is 1. The number of halogens is 1. The van der Waals surface area contributed by atoms with E-state index in [0.29, 0.717) is 22.3 Å². The van der Waals surface area contributed by atoms with Crippen molar-refractivity contribution in [2.45, 2.75) is 13.5 Å². The maximum Gasteiger partial charge on any atom is 0.298 e. The number of amides is 1. The van der Waals surface area contributed by atoms with Crippen molar-refractivity contribution in [1.82, 2.24) is 19.6 Å². The molecule has 0 aliphatic carbocycles. The Labute approximate surface area is 163 Å². The summed E-state index contributed by atoms with van der Waals surface area (Å²) in [6.07, 6.45) is 1.67. The summed E-state index contributed by atoms with van der Waals surface area (Å²) < 4.78 is 20.2. The van der Waals surface area contributed by atoms with Crippen LogP contribution in [-0.4, -0.2) is 25.5 Å². The van der Waals surface area contributed by atoms with E-state index in [-0.39, 0.29) is 18.3 Å². The first-order chi connectivity index (χ1) is 13.5. The Hall–Kier alpha value is -3.30. The number of aryl methyl sites for hydroxylation is 1. The van der Waals surface area contributed by atoms with Gasteiger partial charge in [-0.25, -0.2) is 19.7 Å². The van der Waals surface area contributed by atoms with Gasteiger partial charge in [-0.2, -0.15) is 0 Å². The van der Waals surface area contributed by atoms with E-state index in [9.17, 15) is 9.18 Å². The number of aromatic nitrogens is 3. The molecule has 4 rings (SSSR count). The molecular weight excluding hydrogens is 381 g/mol. The van der Waals surface area contributed by atoms with Gasteiger partial charge in [-0.05, 0) is 48.9 Å². The van der Waals surface area contributed by atoms with Crippen LogP contribution < -0.4 is 10.6 Å². The number of hydrogen-bond acceptors (Lipinski definition) is 6. The summed E-state index contributed by atoms with van der Waals surface area (Å²) in [5, 5.41) is 5.68. The van der Waals surface area contributed by atoms with Gasteiger partial charge in [-0.15, -0.1) is 5.10 Å². The third-order valence-corrected chi connectivity index (χ3v) is 4.98. The lowest BCUT2D eigenvalue weighted by Gasteiger charge is -2.15. The molecule has 9 heteroatoms. The van der Waals surface area contributed by atoms with E-state index in [4.69, 9.17) is 10.6 Å². The number of carbonyl (C=O) groups excluding carboxylic acids is 1. The first-order valence-corrected chi connectivity index (χ1v) is 9.21. The molecule has 0 bridgehead atoms. The second-order valence-electron chi connectivity index (χ2n) is 6.10. The number of fused-ring (bicyclic) bond motifs is 1. The fourth-order valence-electron chi connectivity index (χ4n) is 2.60. The standard InChI is InChI=1S/C19H16FN5O2S/c1-12-22-10-17-25(12)23-18(28-17)19(26)24(21)11-13-2-6-15(7-3-13)27-16-8-4-14(20)5-9-16/h2-10H,11,21H2,1H3. The molecule has 0 radical (unpaired) electrons. The summed E-state index contributed by atoms with van der Waals surface area (Å²) >= 11 is 1.24. The molecule has 4 aromatic rings. The van der Waals surface area contributed by atoms with Crippen LogP contribution in [0.5, 0.6) is 11.5 Å².